The van der Waals surface area contributed by atoms with Crippen LogP contribution in [-0.2, 0) is 14.4 Å². The molecule has 2 fully saturated rings. The first-order chi connectivity index (χ1) is 15.2. The van der Waals surface area contributed by atoms with E-state index in [1.165, 1.54) is 22.9 Å². The lowest BCUT2D eigenvalue weighted by atomic mass is 10.0. The average molecular weight is 480 g/mol. The van der Waals surface area contributed by atoms with Crippen molar-refractivity contribution in [1.82, 2.24) is 15.2 Å². The summed E-state index contributed by atoms with van der Waals surface area (Å²) in [7, 11) is 0. The number of aliphatic carboxylic acids is 1. The van der Waals surface area contributed by atoms with Gasteiger partial charge in [-0.1, -0.05) is 39.0 Å². The number of hydrogen-bond acceptors (Lipinski definition) is 7. The van der Waals surface area contributed by atoms with Gasteiger partial charge in [0.25, 0.3) is 0 Å². The number of pyridine rings is 1. The molecule has 174 valence electrons. The summed E-state index contributed by atoms with van der Waals surface area (Å²) in [5, 5.41) is 11.3. The second-order valence-corrected chi connectivity index (χ2v) is 10.7. The number of carbonyl (C=O) groups excluding carboxylic acids is 3. The highest BCUT2D eigenvalue weighted by molar-refractivity contribution is 8.15. The van der Waals surface area contributed by atoms with Crippen LogP contribution in [0.5, 0.6) is 0 Å². The Morgan fingerprint density at radius 2 is 2.12 bits per heavy atom. The van der Waals surface area contributed by atoms with Crippen LogP contribution in [0.25, 0.3) is 0 Å². The quantitative estimate of drug-likeness (QED) is 0.613. The molecule has 0 aromatic carbocycles. The molecule has 32 heavy (non-hydrogen) atoms. The molecule has 0 bridgehead atoms. The Bertz CT molecular complexity index is 868. The third-order valence-electron chi connectivity index (χ3n) is 6.14. The highest BCUT2D eigenvalue weighted by atomic mass is 32.2. The number of aromatic nitrogens is 1. The van der Waals surface area contributed by atoms with Gasteiger partial charge in [-0.15, -0.1) is 11.8 Å². The zero-order valence-corrected chi connectivity index (χ0v) is 20.0. The van der Waals surface area contributed by atoms with Crippen LogP contribution in [0.3, 0.4) is 0 Å². The maximum atomic E-state index is 13.3. The number of amides is 2. The van der Waals surface area contributed by atoms with Gasteiger partial charge in [-0.05, 0) is 36.8 Å². The number of nitrogens with one attached hydrogen (secondary N) is 1. The first-order valence-electron chi connectivity index (χ1n) is 10.8. The molecule has 3 heterocycles. The molecule has 0 spiro atoms. The van der Waals surface area contributed by atoms with Gasteiger partial charge in [-0.25, -0.2) is 4.79 Å². The van der Waals surface area contributed by atoms with E-state index < -0.39 is 23.3 Å². The second kappa shape index (κ2) is 10.7. The number of hydrogen-bond donors (Lipinski definition) is 2. The highest BCUT2D eigenvalue weighted by Crippen LogP contribution is 2.39. The van der Waals surface area contributed by atoms with Crippen LogP contribution in [0, 0.1) is 11.8 Å². The number of fused-ring (bicyclic) bond motifs is 1. The predicted molar refractivity (Wildman–Crippen MR) is 124 cm³/mol. The maximum absolute atomic E-state index is 13.3. The Morgan fingerprint density at radius 1 is 1.38 bits per heavy atom. The van der Waals surface area contributed by atoms with E-state index in [1.807, 2.05) is 20.8 Å². The van der Waals surface area contributed by atoms with Crippen molar-refractivity contribution in [3.8, 4) is 0 Å². The van der Waals surface area contributed by atoms with Crippen LogP contribution in [0.4, 0.5) is 0 Å². The fraction of sp³-hybridized carbons (Fsp3) is 0.591. The zero-order valence-electron chi connectivity index (χ0n) is 18.4. The van der Waals surface area contributed by atoms with E-state index in [0.717, 1.165) is 11.8 Å². The lowest BCUT2D eigenvalue weighted by Gasteiger charge is -2.30. The van der Waals surface area contributed by atoms with Gasteiger partial charge in [-0.2, -0.15) is 0 Å². The van der Waals surface area contributed by atoms with Gasteiger partial charge in [0.2, 0.25) is 16.9 Å². The smallest absolute Gasteiger partial charge is 0.327 e. The fourth-order valence-electron chi connectivity index (χ4n) is 4.01. The molecule has 2 amide bonds. The van der Waals surface area contributed by atoms with Crippen LogP contribution in [0.15, 0.2) is 24.5 Å². The highest BCUT2D eigenvalue weighted by Gasteiger charge is 2.48. The van der Waals surface area contributed by atoms with Crippen molar-refractivity contribution in [3.05, 3.63) is 30.1 Å². The van der Waals surface area contributed by atoms with E-state index in [0.29, 0.717) is 30.6 Å². The summed E-state index contributed by atoms with van der Waals surface area (Å²) in [4.78, 5) is 56.3. The minimum Gasteiger partial charge on any atom is -0.480 e. The van der Waals surface area contributed by atoms with Crippen LogP contribution >= 0.6 is 23.5 Å². The standard InChI is InChI=1S/C22H29N3O5S2/c1-4-12(2)17(32-22(30)14-6-5-9-23-10-14)18(26)24-15-8-7-13(3)20-25(19(15)27)16(11-31-20)21(28)29/h5-6,9-10,12-13,15-17,20H,4,7-8,11H2,1-3H3,(H,24,26)(H,28,29)/t12-,13?,15?,16?,17-,20?/m0/s1. The number of carboxylic acid groups (broad SMARTS) is 1. The molecular weight excluding hydrogens is 450 g/mol. The van der Waals surface area contributed by atoms with E-state index in [9.17, 15) is 24.3 Å². The summed E-state index contributed by atoms with van der Waals surface area (Å²) in [6, 6.07) is 1.64. The first kappa shape index (κ1) is 24.6. The predicted octanol–water partition coefficient (Wildman–Crippen LogP) is 2.64. The largest absolute Gasteiger partial charge is 0.480 e. The van der Waals surface area contributed by atoms with Crippen molar-refractivity contribution >= 4 is 46.4 Å². The molecule has 4 unspecified atom stereocenters. The first-order valence-corrected chi connectivity index (χ1v) is 12.7. The van der Waals surface area contributed by atoms with E-state index >= 15 is 0 Å². The molecule has 2 saturated heterocycles. The van der Waals surface area contributed by atoms with Gasteiger partial charge in [0.05, 0.1) is 10.6 Å². The SMILES string of the molecule is CC[C@H](C)[C@H](SC(=O)c1cccnc1)C(=O)NC1CCC(C)C2SCC(C(=O)O)N2C1=O. The molecule has 2 N–H and O–H groups in total. The van der Waals surface area contributed by atoms with Crippen molar-refractivity contribution in [2.75, 3.05) is 5.75 Å². The van der Waals surface area contributed by atoms with Gasteiger partial charge in [0.1, 0.15) is 12.1 Å². The molecule has 1 aromatic heterocycles. The molecule has 6 atom stereocenters. The van der Waals surface area contributed by atoms with E-state index in [4.69, 9.17) is 0 Å². The van der Waals surface area contributed by atoms with E-state index in [1.54, 1.807) is 18.3 Å². The Balaban J connectivity index is 1.76. The van der Waals surface area contributed by atoms with Crippen LogP contribution in [0.1, 0.15) is 50.4 Å². The molecule has 0 aliphatic carbocycles. The van der Waals surface area contributed by atoms with Gasteiger partial charge in [0.15, 0.2) is 0 Å². The molecule has 1 aromatic rings. The Hall–Kier alpha value is -2.07. The van der Waals surface area contributed by atoms with Crippen molar-refractivity contribution in [2.45, 2.75) is 62.7 Å². The minimum absolute atomic E-state index is 0.0951. The minimum atomic E-state index is -1.03. The Morgan fingerprint density at radius 3 is 2.75 bits per heavy atom. The van der Waals surface area contributed by atoms with Crippen molar-refractivity contribution in [1.29, 1.82) is 0 Å². The number of carboxylic acids is 1. The monoisotopic (exact) mass is 479 g/mol. The fourth-order valence-corrected chi connectivity index (χ4v) is 6.65. The number of nitrogens with zero attached hydrogens (tertiary/aromatic N) is 2. The molecule has 2 aliphatic rings. The second-order valence-electron chi connectivity index (χ2n) is 8.39. The summed E-state index contributed by atoms with van der Waals surface area (Å²) in [5.74, 6) is -1.37. The molecule has 0 radical (unpaired) electrons. The van der Waals surface area contributed by atoms with Crippen LogP contribution in [-0.4, -0.2) is 66.3 Å². The average Bonchev–Trinajstić information content (AvgIpc) is 3.20. The number of carbonyl (C=O) groups is 4. The summed E-state index contributed by atoms with van der Waals surface area (Å²) in [6.07, 6.45) is 4.88. The van der Waals surface area contributed by atoms with Gasteiger partial charge in [0, 0.05) is 23.7 Å². The normalized spacial score (nSPS) is 27.2. The van der Waals surface area contributed by atoms with E-state index in [2.05, 4.69) is 10.3 Å². The maximum Gasteiger partial charge on any atom is 0.327 e. The molecule has 8 nitrogen and oxygen atoms in total. The summed E-state index contributed by atoms with van der Waals surface area (Å²) >= 11 is 2.43. The van der Waals surface area contributed by atoms with Gasteiger partial charge in [-0.3, -0.25) is 19.4 Å². The van der Waals surface area contributed by atoms with Gasteiger partial charge < -0.3 is 15.3 Å². The van der Waals surface area contributed by atoms with E-state index in [-0.39, 0.29) is 34.1 Å². The van der Waals surface area contributed by atoms with Crippen LogP contribution in [0.2, 0.25) is 0 Å². The number of rotatable bonds is 7. The zero-order chi connectivity index (χ0) is 23.4. The summed E-state index contributed by atoms with van der Waals surface area (Å²) in [6.45, 7) is 5.86. The van der Waals surface area contributed by atoms with Crippen molar-refractivity contribution < 1.29 is 24.3 Å². The number of thioether (sulfide) groups is 2. The summed E-state index contributed by atoms with van der Waals surface area (Å²) in [5.41, 5.74) is 0.416. The molecule has 3 rings (SSSR count). The Labute approximate surface area is 196 Å². The molecule has 10 heteroatoms. The molecular formula is C22H29N3O5S2. The third kappa shape index (κ3) is 5.28. The van der Waals surface area contributed by atoms with Crippen LogP contribution < -0.4 is 5.32 Å². The Kier molecular flexibility index (Phi) is 8.21. The lowest BCUT2D eigenvalue weighted by molar-refractivity contribution is -0.150. The topological polar surface area (TPSA) is 117 Å². The molecule has 0 saturated carbocycles. The van der Waals surface area contributed by atoms with Crippen molar-refractivity contribution in [2.24, 2.45) is 11.8 Å². The summed E-state index contributed by atoms with van der Waals surface area (Å²) < 4.78 is 0. The lowest BCUT2D eigenvalue weighted by Crippen LogP contribution is -2.55. The van der Waals surface area contributed by atoms with Gasteiger partial charge >= 0.3 is 5.97 Å². The third-order valence-corrected chi connectivity index (χ3v) is 9.06. The van der Waals surface area contributed by atoms with Crippen molar-refractivity contribution in [3.63, 3.8) is 0 Å². The molecule has 2 aliphatic heterocycles.